The molecule has 0 aromatic heterocycles. The van der Waals surface area contributed by atoms with Crippen LogP contribution in [0.3, 0.4) is 0 Å². The highest BCUT2D eigenvalue weighted by Crippen LogP contribution is 2.15. The lowest BCUT2D eigenvalue weighted by Gasteiger charge is -2.37. The van der Waals surface area contributed by atoms with Crippen LogP contribution < -0.4 is 5.32 Å². The molecule has 1 N–H and O–H groups in total. The van der Waals surface area contributed by atoms with E-state index in [1.54, 1.807) is 20.8 Å². The Morgan fingerprint density at radius 2 is 1.66 bits per heavy atom. The zero-order valence-corrected chi connectivity index (χ0v) is 19.1. The minimum absolute atomic E-state index is 0.0411. The third kappa shape index (κ3) is 7.11. The van der Waals surface area contributed by atoms with E-state index in [1.807, 2.05) is 11.8 Å². The van der Waals surface area contributed by atoms with Crippen molar-refractivity contribution < 1.29 is 17.9 Å². The van der Waals surface area contributed by atoms with Gasteiger partial charge < -0.3 is 19.9 Å². The Labute approximate surface area is 175 Å². The summed E-state index contributed by atoms with van der Waals surface area (Å²) in [4.78, 5) is 23.1. The van der Waals surface area contributed by atoms with Crippen molar-refractivity contribution in [3.63, 3.8) is 0 Å². The van der Waals surface area contributed by atoms with Gasteiger partial charge in [0, 0.05) is 45.8 Å². The van der Waals surface area contributed by atoms with E-state index in [1.165, 1.54) is 0 Å². The number of nitrogens with zero attached hydrogens (tertiary/aromatic N) is 4. The van der Waals surface area contributed by atoms with Crippen molar-refractivity contribution in [1.29, 1.82) is 0 Å². The van der Waals surface area contributed by atoms with Gasteiger partial charge in [-0.1, -0.05) is 0 Å². The van der Waals surface area contributed by atoms with Crippen LogP contribution in [-0.4, -0.2) is 118 Å². The van der Waals surface area contributed by atoms with Crippen molar-refractivity contribution in [2.75, 3.05) is 77.9 Å². The van der Waals surface area contributed by atoms with E-state index in [2.05, 4.69) is 20.1 Å². The fraction of sp³-hybridized carbons (Fsp3) is 0.895. The van der Waals surface area contributed by atoms with E-state index >= 15 is 0 Å². The Morgan fingerprint density at radius 3 is 2.21 bits per heavy atom. The smallest absolute Gasteiger partial charge is 0.236 e. The predicted octanol–water partition coefficient (Wildman–Crippen LogP) is -0.358. The molecule has 0 unspecified atom stereocenters. The van der Waals surface area contributed by atoms with Gasteiger partial charge in [0.05, 0.1) is 36.8 Å². The molecule has 1 amide bonds. The summed E-state index contributed by atoms with van der Waals surface area (Å²) in [7, 11) is -3.18. The fourth-order valence-corrected chi connectivity index (χ4v) is 4.17. The van der Waals surface area contributed by atoms with Gasteiger partial charge in [0.2, 0.25) is 5.91 Å². The van der Waals surface area contributed by atoms with Gasteiger partial charge in [-0.3, -0.25) is 14.7 Å². The third-order valence-corrected chi connectivity index (χ3v) is 7.87. The van der Waals surface area contributed by atoms with Crippen LogP contribution in [0.1, 0.15) is 27.7 Å². The molecule has 0 radical (unpaired) electrons. The van der Waals surface area contributed by atoms with E-state index < -0.39 is 14.6 Å². The molecule has 2 aliphatic heterocycles. The number of morpholine rings is 1. The number of hydrogen-bond acceptors (Lipinski definition) is 6. The summed E-state index contributed by atoms with van der Waals surface area (Å²) >= 11 is 0. The summed E-state index contributed by atoms with van der Waals surface area (Å²) in [6.07, 6.45) is 0. The molecule has 0 aromatic rings. The van der Waals surface area contributed by atoms with E-state index in [4.69, 9.17) is 4.74 Å². The molecular weight excluding hydrogens is 394 g/mol. The first-order chi connectivity index (χ1) is 13.6. The van der Waals surface area contributed by atoms with Crippen molar-refractivity contribution in [3.8, 4) is 0 Å². The molecule has 2 heterocycles. The minimum atomic E-state index is -3.18. The van der Waals surface area contributed by atoms with Crippen LogP contribution >= 0.6 is 0 Å². The second kappa shape index (κ2) is 10.6. The number of hydrogen-bond donors (Lipinski definition) is 1. The molecule has 0 saturated carbocycles. The molecule has 168 valence electrons. The molecule has 2 fully saturated rings. The van der Waals surface area contributed by atoms with Gasteiger partial charge in [0.25, 0.3) is 0 Å². The number of nitrogens with one attached hydrogen (secondary N) is 1. The first-order valence-corrected chi connectivity index (χ1v) is 12.1. The number of piperazine rings is 1. The molecular formula is C19H37N5O4S. The maximum Gasteiger partial charge on any atom is 0.236 e. The van der Waals surface area contributed by atoms with Gasteiger partial charge >= 0.3 is 0 Å². The van der Waals surface area contributed by atoms with Crippen LogP contribution in [-0.2, 0) is 19.4 Å². The van der Waals surface area contributed by atoms with Gasteiger partial charge in [0.1, 0.15) is 0 Å². The normalized spacial score (nSPS) is 20.1. The van der Waals surface area contributed by atoms with E-state index in [0.717, 1.165) is 38.7 Å². The molecule has 10 heteroatoms. The molecule has 29 heavy (non-hydrogen) atoms. The van der Waals surface area contributed by atoms with Gasteiger partial charge in [-0.2, -0.15) is 0 Å². The molecule has 2 saturated heterocycles. The van der Waals surface area contributed by atoms with Gasteiger partial charge in [-0.05, 0) is 27.7 Å². The highest BCUT2D eigenvalue weighted by Gasteiger charge is 2.28. The molecule has 0 bridgehead atoms. The largest absolute Gasteiger partial charge is 0.378 e. The van der Waals surface area contributed by atoms with Crippen molar-refractivity contribution in [3.05, 3.63) is 0 Å². The lowest BCUT2D eigenvalue weighted by atomic mass is 10.3. The first-order valence-electron chi connectivity index (χ1n) is 10.5. The highest BCUT2D eigenvalue weighted by atomic mass is 32.2. The summed E-state index contributed by atoms with van der Waals surface area (Å²) in [5, 5.41) is 3.26. The number of amides is 1. The van der Waals surface area contributed by atoms with Crippen molar-refractivity contribution in [2.24, 2.45) is 4.99 Å². The first kappa shape index (κ1) is 23.9. The maximum absolute atomic E-state index is 12.4. The molecule has 2 rings (SSSR count). The summed E-state index contributed by atoms with van der Waals surface area (Å²) < 4.78 is 29.1. The summed E-state index contributed by atoms with van der Waals surface area (Å²) in [6.45, 7) is 14.2. The molecule has 0 aliphatic carbocycles. The molecule has 0 spiro atoms. The third-order valence-electron chi connectivity index (χ3n) is 5.28. The number of guanidine groups is 1. The Kier molecular flexibility index (Phi) is 8.72. The van der Waals surface area contributed by atoms with E-state index in [-0.39, 0.29) is 18.2 Å². The SMILES string of the molecule is CCNC(=NCCS(=O)(=O)C(C)(C)C)N1CCN(CC(=O)N2CCOCC2)CC1. The Morgan fingerprint density at radius 1 is 1.03 bits per heavy atom. The Hall–Kier alpha value is -1.39. The zero-order chi connectivity index (χ0) is 21.5. The lowest BCUT2D eigenvalue weighted by molar-refractivity contribution is -0.136. The molecule has 9 nitrogen and oxygen atoms in total. The minimum Gasteiger partial charge on any atom is -0.378 e. The standard InChI is InChI=1S/C19H37N5O4S/c1-5-20-18(21-6-15-29(26,27)19(2,3)4)24-9-7-22(8-10-24)16-17(25)23-11-13-28-14-12-23/h5-16H2,1-4H3,(H,20,21). The quantitative estimate of drug-likeness (QED) is 0.453. The van der Waals surface area contributed by atoms with Crippen LogP contribution in [0.4, 0.5) is 0 Å². The Balaban J connectivity index is 1.84. The van der Waals surface area contributed by atoms with Gasteiger partial charge in [0.15, 0.2) is 15.8 Å². The molecule has 0 aromatic carbocycles. The number of ether oxygens (including phenoxy) is 1. The average molecular weight is 432 g/mol. The van der Waals surface area contributed by atoms with Crippen molar-refractivity contribution in [1.82, 2.24) is 20.0 Å². The van der Waals surface area contributed by atoms with Crippen molar-refractivity contribution >= 4 is 21.7 Å². The number of rotatable bonds is 6. The fourth-order valence-electron chi connectivity index (χ4n) is 3.23. The number of aliphatic imine (C=N–C) groups is 1. The van der Waals surface area contributed by atoms with Crippen LogP contribution in [0, 0.1) is 0 Å². The summed E-state index contributed by atoms with van der Waals surface area (Å²) in [6, 6.07) is 0. The monoisotopic (exact) mass is 431 g/mol. The molecule has 2 aliphatic rings. The summed E-state index contributed by atoms with van der Waals surface area (Å²) in [5.41, 5.74) is 0. The highest BCUT2D eigenvalue weighted by molar-refractivity contribution is 7.92. The number of carbonyl (C=O) groups is 1. The maximum atomic E-state index is 12.4. The van der Waals surface area contributed by atoms with Crippen LogP contribution in [0.2, 0.25) is 0 Å². The van der Waals surface area contributed by atoms with E-state index in [9.17, 15) is 13.2 Å². The average Bonchev–Trinajstić information content (AvgIpc) is 2.67. The lowest BCUT2D eigenvalue weighted by Crippen LogP contribution is -2.55. The van der Waals surface area contributed by atoms with Crippen molar-refractivity contribution in [2.45, 2.75) is 32.4 Å². The topological polar surface area (TPSA) is 94.6 Å². The van der Waals surface area contributed by atoms with Crippen LogP contribution in [0.5, 0.6) is 0 Å². The number of sulfone groups is 1. The molecule has 0 atom stereocenters. The van der Waals surface area contributed by atoms with Crippen LogP contribution in [0.15, 0.2) is 4.99 Å². The number of carbonyl (C=O) groups excluding carboxylic acids is 1. The predicted molar refractivity (Wildman–Crippen MR) is 115 cm³/mol. The van der Waals surface area contributed by atoms with Crippen LogP contribution in [0.25, 0.3) is 0 Å². The zero-order valence-electron chi connectivity index (χ0n) is 18.3. The van der Waals surface area contributed by atoms with E-state index in [0.29, 0.717) is 32.8 Å². The summed E-state index contributed by atoms with van der Waals surface area (Å²) in [5.74, 6) is 0.949. The second-order valence-electron chi connectivity index (χ2n) is 8.42. The second-order valence-corrected chi connectivity index (χ2v) is 11.3. The van der Waals surface area contributed by atoms with Gasteiger partial charge in [-0.25, -0.2) is 8.42 Å². The van der Waals surface area contributed by atoms with Gasteiger partial charge in [-0.15, -0.1) is 0 Å². The Bertz CT molecular complexity index is 661.